The monoisotopic (exact) mass is 398 g/mol. The van der Waals surface area contributed by atoms with Gasteiger partial charge in [0.25, 0.3) is 5.91 Å². The van der Waals surface area contributed by atoms with Crippen molar-refractivity contribution in [3.8, 4) is 0 Å². The summed E-state index contributed by atoms with van der Waals surface area (Å²) in [6, 6.07) is 12.4. The molecule has 152 valence electrons. The molecule has 3 rings (SSSR count). The minimum atomic E-state index is -0.625. The van der Waals surface area contributed by atoms with Crippen molar-refractivity contribution in [3.05, 3.63) is 65.5 Å². The van der Waals surface area contributed by atoms with Gasteiger partial charge in [0.05, 0.1) is 5.56 Å². The second-order valence-corrected chi connectivity index (χ2v) is 6.95. The number of rotatable bonds is 8. The van der Waals surface area contributed by atoms with Gasteiger partial charge < -0.3 is 15.0 Å². The van der Waals surface area contributed by atoms with E-state index in [4.69, 9.17) is 4.74 Å². The van der Waals surface area contributed by atoms with Crippen molar-refractivity contribution in [2.45, 2.75) is 26.3 Å². The molecule has 0 bridgehead atoms. The van der Waals surface area contributed by atoms with Crippen LogP contribution in [0.5, 0.6) is 0 Å². The van der Waals surface area contributed by atoms with Gasteiger partial charge in [0.1, 0.15) is 5.82 Å². The van der Waals surface area contributed by atoms with Gasteiger partial charge in [-0.05, 0) is 61.7 Å². The fourth-order valence-corrected chi connectivity index (χ4v) is 2.81. The molecule has 0 aliphatic heterocycles. The van der Waals surface area contributed by atoms with E-state index in [9.17, 15) is 18.8 Å². The lowest BCUT2D eigenvalue weighted by Crippen LogP contribution is -2.34. The molecule has 1 saturated carbocycles. The first-order chi connectivity index (χ1) is 14.0. The zero-order valence-electron chi connectivity index (χ0n) is 16.2. The van der Waals surface area contributed by atoms with Crippen molar-refractivity contribution in [1.82, 2.24) is 4.90 Å². The first-order valence-electron chi connectivity index (χ1n) is 9.56. The van der Waals surface area contributed by atoms with Crippen LogP contribution in [0.3, 0.4) is 0 Å². The predicted molar refractivity (Wildman–Crippen MR) is 106 cm³/mol. The molecule has 2 aromatic rings. The van der Waals surface area contributed by atoms with Gasteiger partial charge in [-0.25, -0.2) is 9.18 Å². The number of ether oxygens (including phenoxy) is 1. The Morgan fingerprint density at radius 1 is 1.14 bits per heavy atom. The number of hydrogen-bond donors (Lipinski definition) is 1. The SMILES string of the molecule is CCN(Cc1cccc(F)c1)C(=O)COC(=O)c1ccc(NC(=O)C2CC2)cc1. The molecule has 1 fully saturated rings. The molecule has 0 radical (unpaired) electrons. The van der Waals surface area contributed by atoms with Gasteiger partial charge in [-0.2, -0.15) is 0 Å². The van der Waals surface area contributed by atoms with Crippen LogP contribution in [0.4, 0.5) is 10.1 Å². The third-order valence-corrected chi connectivity index (χ3v) is 4.66. The van der Waals surface area contributed by atoms with Gasteiger partial charge in [0.15, 0.2) is 6.61 Å². The molecule has 0 heterocycles. The Bertz CT molecular complexity index is 894. The summed E-state index contributed by atoms with van der Waals surface area (Å²) in [5.74, 6) is -1.27. The maximum atomic E-state index is 13.3. The molecule has 0 saturated heterocycles. The molecule has 1 aliphatic carbocycles. The summed E-state index contributed by atoms with van der Waals surface area (Å²) in [6.45, 7) is 2.04. The highest BCUT2D eigenvalue weighted by Crippen LogP contribution is 2.30. The van der Waals surface area contributed by atoms with Gasteiger partial charge in [-0.1, -0.05) is 12.1 Å². The summed E-state index contributed by atoms with van der Waals surface area (Å²) in [5, 5.41) is 2.79. The van der Waals surface area contributed by atoms with Crippen LogP contribution in [0, 0.1) is 11.7 Å². The summed E-state index contributed by atoms with van der Waals surface area (Å²) in [5.41, 5.74) is 1.56. The molecule has 2 amide bonds. The number of nitrogens with one attached hydrogen (secondary N) is 1. The van der Waals surface area contributed by atoms with Gasteiger partial charge in [-0.3, -0.25) is 9.59 Å². The first-order valence-corrected chi connectivity index (χ1v) is 9.56. The van der Waals surface area contributed by atoms with Crippen molar-refractivity contribution in [2.24, 2.45) is 5.92 Å². The molecular formula is C22H23FN2O4. The number of hydrogen-bond acceptors (Lipinski definition) is 4. The number of nitrogens with zero attached hydrogens (tertiary/aromatic N) is 1. The Hall–Kier alpha value is -3.22. The molecule has 0 spiro atoms. The molecule has 0 aromatic heterocycles. The minimum Gasteiger partial charge on any atom is -0.452 e. The first kappa shape index (κ1) is 20.5. The van der Waals surface area contributed by atoms with Crippen molar-refractivity contribution < 1.29 is 23.5 Å². The van der Waals surface area contributed by atoms with Gasteiger partial charge in [0.2, 0.25) is 5.91 Å². The summed E-state index contributed by atoms with van der Waals surface area (Å²) in [7, 11) is 0. The van der Waals surface area contributed by atoms with E-state index < -0.39 is 12.6 Å². The second kappa shape index (κ2) is 9.32. The molecule has 7 heteroatoms. The van der Waals surface area contributed by atoms with Crippen LogP contribution in [-0.2, 0) is 20.9 Å². The molecular weight excluding hydrogens is 375 g/mol. The predicted octanol–water partition coefficient (Wildman–Crippen LogP) is 3.38. The average molecular weight is 398 g/mol. The van der Waals surface area contributed by atoms with Crippen LogP contribution in [-0.4, -0.2) is 35.8 Å². The van der Waals surface area contributed by atoms with Crippen molar-refractivity contribution >= 4 is 23.5 Å². The summed E-state index contributed by atoms with van der Waals surface area (Å²) >= 11 is 0. The Morgan fingerprint density at radius 3 is 2.48 bits per heavy atom. The lowest BCUT2D eigenvalue weighted by atomic mass is 10.2. The number of halogens is 1. The number of carbonyl (C=O) groups is 3. The second-order valence-electron chi connectivity index (χ2n) is 6.95. The molecule has 1 aliphatic rings. The Labute approximate surface area is 168 Å². The van der Waals surface area contributed by atoms with Crippen LogP contribution in [0.2, 0.25) is 0 Å². The summed E-state index contributed by atoms with van der Waals surface area (Å²) in [6.07, 6.45) is 1.83. The van der Waals surface area contributed by atoms with Crippen LogP contribution in [0.25, 0.3) is 0 Å². The van der Waals surface area contributed by atoms with Crippen LogP contribution < -0.4 is 5.32 Å². The Balaban J connectivity index is 1.50. The number of anilines is 1. The summed E-state index contributed by atoms with van der Waals surface area (Å²) < 4.78 is 18.4. The molecule has 1 N–H and O–H groups in total. The largest absolute Gasteiger partial charge is 0.452 e. The maximum Gasteiger partial charge on any atom is 0.338 e. The van der Waals surface area contributed by atoms with Crippen LogP contribution in [0.1, 0.15) is 35.7 Å². The Kier molecular flexibility index (Phi) is 6.59. The highest BCUT2D eigenvalue weighted by molar-refractivity contribution is 5.95. The van der Waals surface area contributed by atoms with Crippen LogP contribution >= 0.6 is 0 Å². The highest BCUT2D eigenvalue weighted by Gasteiger charge is 2.29. The quantitative estimate of drug-likeness (QED) is 0.692. The zero-order valence-corrected chi connectivity index (χ0v) is 16.2. The highest BCUT2D eigenvalue weighted by atomic mass is 19.1. The maximum absolute atomic E-state index is 13.3. The van der Waals surface area contributed by atoms with Crippen molar-refractivity contribution in [2.75, 3.05) is 18.5 Å². The van der Waals surface area contributed by atoms with Crippen LogP contribution in [0.15, 0.2) is 48.5 Å². The topological polar surface area (TPSA) is 75.7 Å². The number of carbonyl (C=O) groups excluding carboxylic acids is 3. The van der Waals surface area contributed by atoms with Crippen molar-refractivity contribution in [3.63, 3.8) is 0 Å². The minimum absolute atomic E-state index is 0.0103. The standard InChI is InChI=1S/C22H23FN2O4/c1-2-25(13-15-4-3-5-18(23)12-15)20(26)14-29-22(28)17-8-10-19(11-9-17)24-21(27)16-6-7-16/h3-5,8-12,16H,2,6-7,13-14H2,1H3,(H,24,27). The van der Waals surface area contributed by atoms with Crippen molar-refractivity contribution in [1.29, 1.82) is 0 Å². The third-order valence-electron chi connectivity index (χ3n) is 4.66. The average Bonchev–Trinajstić information content (AvgIpc) is 3.56. The molecule has 6 nitrogen and oxygen atoms in total. The smallest absolute Gasteiger partial charge is 0.338 e. The number of likely N-dealkylation sites (N-methyl/N-ethyl adjacent to an activating group) is 1. The summed E-state index contributed by atoms with van der Waals surface area (Å²) in [4.78, 5) is 37.8. The molecule has 29 heavy (non-hydrogen) atoms. The fourth-order valence-electron chi connectivity index (χ4n) is 2.81. The van der Waals surface area contributed by atoms with E-state index in [1.54, 1.807) is 43.3 Å². The third kappa shape index (κ3) is 5.88. The van der Waals surface area contributed by atoms with E-state index in [1.807, 2.05) is 0 Å². The lowest BCUT2D eigenvalue weighted by molar-refractivity contribution is -0.135. The van der Waals surface area contributed by atoms with Gasteiger partial charge in [0, 0.05) is 24.7 Å². The lowest BCUT2D eigenvalue weighted by Gasteiger charge is -2.21. The van der Waals surface area contributed by atoms with E-state index in [-0.39, 0.29) is 35.7 Å². The van der Waals surface area contributed by atoms with E-state index in [0.29, 0.717) is 17.8 Å². The normalized spacial score (nSPS) is 12.9. The fraction of sp³-hybridized carbons (Fsp3) is 0.318. The number of esters is 1. The van der Waals surface area contributed by atoms with E-state index in [0.717, 1.165) is 12.8 Å². The van der Waals surface area contributed by atoms with Gasteiger partial charge in [-0.15, -0.1) is 0 Å². The number of amides is 2. The van der Waals surface area contributed by atoms with E-state index >= 15 is 0 Å². The van der Waals surface area contributed by atoms with E-state index in [2.05, 4.69) is 5.32 Å². The molecule has 0 unspecified atom stereocenters. The Morgan fingerprint density at radius 2 is 1.86 bits per heavy atom. The molecule has 2 aromatic carbocycles. The number of benzene rings is 2. The van der Waals surface area contributed by atoms with Gasteiger partial charge >= 0.3 is 5.97 Å². The van der Waals surface area contributed by atoms with E-state index in [1.165, 1.54) is 17.0 Å². The zero-order chi connectivity index (χ0) is 20.8. The molecule has 0 atom stereocenters.